The average molecular weight is 534 g/mol. The lowest BCUT2D eigenvalue weighted by molar-refractivity contribution is -0.0891. The van der Waals surface area contributed by atoms with Gasteiger partial charge in [0.1, 0.15) is 18.6 Å². The Bertz CT molecular complexity index is 1400. The number of hydrogen-bond donors (Lipinski definition) is 3. The molecule has 4 aromatic rings. The minimum atomic E-state index is -0.649. The highest BCUT2D eigenvalue weighted by molar-refractivity contribution is 5.83. The molecular formula is C28H35N7O4. The fourth-order valence-corrected chi connectivity index (χ4v) is 4.89. The van der Waals surface area contributed by atoms with Gasteiger partial charge in [-0.15, -0.1) is 5.10 Å². The van der Waals surface area contributed by atoms with Crippen molar-refractivity contribution in [3.63, 3.8) is 0 Å². The fraction of sp³-hybridized carbons (Fsp3) is 0.464. The largest absolute Gasteiger partial charge is 0.491 e. The summed E-state index contributed by atoms with van der Waals surface area (Å²) in [5, 5.41) is 27.1. The summed E-state index contributed by atoms with van der Waals surface area (Å²) in [4.78, 5) is 4.86. The molecule has 39 heavy (non-hydrogen) atoms. The van der Waals surface area contributed by atoms with E-state index in [-0.39, 0.29) is 11.8 Å². The van der Waals surface area contributed by atoms with Crippen LogP contribution in [0, 0.1) is 0 Å². The van der Waals surface area contributed by atoms with Crippen LogP contribution in [0.4, 0.5) is 11.6 Å². The zero-order chi connectivity index (χ0) is 26.8. The number of fused-ring (bicyclic) bond motifs is 1. The molecule has 2 aliphatic heterocycles. The standard InChI is InChI=1S/C28H35N7O4/c1-3-24(36)34-23-12-9-21(14-20(23)15-30-34)31-27-32-26(33-35(27)25-6-4-5-13-38-25)19-7-10-22(11-8-19)39-18-28(29-2)16-37-17-28/h7-12,14-15,24-25,29,36H,3-6,13,16-18H2,1-2H3,(H,31,32,33). The average Bonchev–Trinajstić information content (AvgIpc) is 3.57. The van der Waals surface area contributed by atoms with Gasteiger partial charge in [-0.2, -0.15) is 10.1 Å². The predicted octanol–water partition coefficient (Wildman–Crippen LogP) is 4.01. The van der Waals surface area contributed by atoms with Crippen molar-refractivity contribution in [3.05, 3.63) is 48.7 Å². The van der Waals surface area contributed by atoms with Crippen molar-refractivity contribution >= 4 is 22.5 Å². The summed E-state index contributed by atoms with van der Waals surface area (Å²) >= 11 is 0. The van der Waals surface area contributed by atoms with Crippen molar-refractivity contribution in [1.82, 2.24) is 29.9 Å². The first kappa shape index (κ1) is 25.8. The van der Waals surface area contributed by atoms with Gasteiger partial charge in [-0.3, -0.25) is 0 Å². The first-order valence-corrected chi connectivity index (χ1v) is 13.6. The first-order chi connectivity index (χ1) is 19.1. The molecule has 11 heteroatoms. The summed E-state index contributed by atoms with van der Waals surface area (Å²) in [7, 11) is 1.93. The van der Waals surface area contributed by atoms with E-state index >= 15 is 0 Å². The van der Waals surface area contributed by atoms with Gasteiger partial charge in [0, 0.05) is 23.2 Å². The summed E-state index contributed by atoms with van der Waals surface area (Å²) in [5.74, 6) is 2.01. The Morgan fingerprint density at radius 3 is 2.72 bits per heavy atom. The predicted molar refractivity (Wildman–Crippen MR) is 147 cm³/mol. The molecule has 206 valence electrons. The van der Waals surface area contributed by atoms with E-state index in [0.717, 1.165) is 47.2 Å². The molecule has 6 rings (SSSR count). The third-order valence-electron chi connectivity index (χ3n) is 7.47. The lowest BCUT2D eigenvalue weighted by Gasteiger charge is -2.40. The number of rotatable bonds is 10. The molecule has 2 aromatic carbocycles. The van der Waals surface area contributed by atoms with Crippen molar-refractivity contribution in [2.24, 2.45) is 0 Å². The van der Waals surface area contributed by atoms with E-state index in [9.17, 15) is 5.11 Å². The monoisotopic (exact) mass is 533 g/mol. The van der Waals surface area contributed by atoms with Gasteiger partial charge in [0.15, 0.2) is 12.1 Å². The van der Waals surface area contributed by atoms with Gasteiger partial charge in [0.25, 0.3) is 0 Å². The number of aliphatic hydroxyl groups excluding tert-OH is 1. The number of nitrogens with one attached hydrogen (secondary N) is 2. The number of nitrogens with zero attached hydrogens (tertiary/aromatic N) is 5. The van der Waals surface area contributed by atoms with Crippen LogP contribution in [0.15, 0.2) is 48.7 Å². The summed E-state index contributed by atoms with van der Waals surface area (Å²) in [6.45, 7) is 4.48. The number of ether oxygens (including phenoxy) is 3. The molecule has 0 bridgehead atoms. The molecule has 0 saturated carbocycles. The van der Waals surface area contributed by atoms with Crippen molar-refractivity contribution < 1.29 is 19.3 Å². The minimum Gasteiger partial charge on any atom is -0.491 e. The van der Waals surface area contributed by atoms with Gasteiger partial charge in [-0.05, 0) is 75.2 Å². The maximum atomic E-state index is 10.3. The van der Waals surface area contributed by atoms with Crippen molar-refractivity contribution in [1.29, 1.82) is 0 Å². The Kier molecular flexibility index (Phi) is 7.22. The molecule has 4 heterocycles. The van der Waals surface area contributed by atoms with Crippen LogP contribution in [0.1, 0.15) is 45.1 Å². The molecular weight excluding hydrogens is 498 g/mol. The Hall–Kier alpha value is -3.51. The van der Waals surface area contributed by atoms with Gasteiger partial charge in [0.05, 0.1) is 30.5 Å². The highest BCUT2D eigenvalue weighted by Crippen LogP contribution is 2.31. The second kappa shape index (κ2) is 10.9. The van der Waals surface area contributed by atoms with E-state index in [2.05, 4.69) is 15.7 Å². The normalized spacial score (nSPS) is 19.5. The molecule has 0 spiro atoms. The van der Waals surface area contributed by atoms with Gasteiger partial charge in [-0.1, -0.05) is 6.92 Å². The van der Waals surface area contributed by atoms with E-state index in [0.29, 0.717) is 44.6 Å². The highest BCUT2D eigenvalue weighted by Gasteiger charge is 2.38. The zero-order valence-corrected chi connectivity index (χ0v) is 22.3. The van der Waals surface area contributed by atoms with E-state index in [4.69, 9.17) is 24.3 Å². The Morgan fingerprint density at radius 2 is 2.03 bits per heavy atom. The highest BCUT2D eigenvalue weighted by atomic mass is 16.5. The van der Waals surface area contributed by atoms with Crippen LogP contribution in [-0.2, 0) is 9.47 Å². The van der Waals surface area contributed by atoms with E-state index in [1.807, 2.05) is 61.1 Å². The third-order valence-corrected chi connectivity index (χ3v) is 7.47. The molecule has 2 aliphatic rings. The number of hydrogen-bond acceptors (Lipinski definition) is 9. The SMILES string of the molecule is CCC(O)n1ncc2cc(Nc3nc(-c4ccc(OCC5(NC)COC5)cc4)nn3C3CCCCO3)ccc21. The number of anilines is 2. The first-order valence-electron chi connectivity index (χ1n) is 13.6. The summed E-state index contributed by atoms with van der Waals surface area (Å²) in [5.41, 5.74) is 2.50. The summed E-state index contributed by atoms with van der Waals surface area (Å²) in [6, 6.07) is 13.7. The quantitative estimate of drug-likeness (QED) is 0.278. The van der Waals surface area contributed by atoms with Crippen LogP contribution in [-0.4, -0.2) is 68.7 Å². The van der Waals surface area contributed by atoms with Crippen LogP contribution >= 0.6 is 0 Å². The molecule has 2 aromatic heterocycles. The molecule has 0 amide bonds. The van der Waals surface area contributed by atoms with E-state index < -0.39 is 6.23 Å². The lowest BCUT2D eigenvalue weighted by Crippen LogP contribution is -2.62. The van der Waals surface area contributed by atoms with Crippen molar-refractivity contribution in [3.8, 4) is 17.1 Å². The van der Waals surface area contributed by atoms with Gasteiger partial charge in [0.2, 0.25) is 5.95 Å². The molecule has 2 fully saturated rings. The maximum Gasteiger partial charge on any atom is 0.228 e. The van der Waals surface area contributed by atoms with Gasteiger partial charge in [-0.25, -0.2) is 9.36 Å². The van der Waals surface area contributed by atoms with Crippen LogP contribution in [0.5, 0.6) is 5.75 Å². The molecule has 11 nitrogen and oxygen atoms in total. The smallest absolute Gasteiger partial charge is 0.228 e. The maximum absolute atomic E-state index is 10.3. The Labute approximate surface area is 227 Å². The van der Waals surface area contributed by atoms with Crippen LogP contribution in [0.25, 0.3) is 22.3 Å². The second-order valence-corrected chi connectivity index (χ2v) is 10.2. The van der Waals surface area contributed by atoms with E-state index in [1.165, 1.54) is 0 Å². The van der Waals surface area contributed by atoms with E-state index in [1.54, 1.807) is 10.9 Å². The second-order valence-electron chi connectivity index (χ2n) is 10.2. The molecule has 3 N–H and O–H groups in total. The number of benzene rings is 2. The number of aliphatic hydroxyl groups is 1. The molecule has 0 aliphatic carbocycles. The van der Waals surface area contributed by atoms with Crippen LogP contribution < -0.4 is 15.4 Å². The Balaban J connectivity index is 1.24. The summed E-state index contributed by atoms with van der Waals surface area (Å²) in [6.07, 6.45) is 4.52. The lowest BCUT2D eigenvalue weighted by atomic mass is 9.99. The van der Waals surface area contributed by atoms with Crippen LogP contribution in [0.2, 0.25) is 0 Å². The Morgan fingerprint density at radius 1 is 1.18 bits per heavy atom. The van der Waals surface area contributed by atoms with Gasteiger partial charge >= 0.3 is 0 Å². The van der Waals surface area contributed by atoms with Crippen LogP contribution in [0.3, 0.4) is 0 Å². The van der Waals surface area contributed by atoms with Crippen molar-refractivity contribution in [2.45, 2.75) is 50.6 Å². The summed E-state index contributed by atoms with van der Waals surface area (Å²) < 4.78 is 20.9. The van der Waals surface area contributed by atoms with Crippen molar-refractivity contribution in [2.75, 3.05) is 38.8 Å². The zero-order valence-electron chi connectivity index (χ0n) is 22.3. The molecule has 2 unspecified atom stereocenters. The topological polar surface area (TPSA) is 121 Å². The number of likely N-dealkylation sites (N-methyl/N-ethyl adjacent to an activating group) is 1. The molecule has 2 atom stereocenters. The molecule has 2 saturated heterocycles. The number of aromatic nitrogens is 5. The molecule has 0 radical (unpaired) electrons. The minimum absolute atomic E-state index is 0.114. The fourth-order valence-electron chi connectivity index (χ4n) is 4.89. The van der Waals surface area contributed by atoms with Gasteiger partial charge < -0.3 is 30.0 Å². The third kappa shape index (κ3) is 5.22.